The monoisotopic (exact) mass is 357 g/mol. The van der Waals surface area contributed by atoms with Crippen LogP contribution in [0, 0.1) is 11.3 Å². The van der Waals surface area contributed by atoms with Gasteiger partial charge in [0, 0.05) is 10.0 Å². The van der Waals surface area contributed by atoms with Gasteiger partial charge in [-0.1, -0.05) is 66.7 Å². The SMILES string of the molecule is N#Cc1ccccc1-c1c2ccccc2c(Br)c2ccccc12. The van der Waals surface area contributed by atoms with Gasteiger partial charge in [0.15, 0.2) is 0 Å². The standard InChI is InChI=1S/C21H12BrN/c22-21-18-11-5-3-9-16(18)20(17-10-4-6-12-19(17)21)15-8-2-1-7-14(15)13-23/h1-12H. The average molecular weight is 358 g/mol. The van der Waals surface area contributed by atoms with E-state index in [0.717, 1.165) is 37.1 Å². The Hall–Kier alpha value is -2.63. The Morgan fingerprint density at radius 2 is 1.13 bits per heavy atom. The minimum atomic E-state index is 0.699. The summed E-state index contributed by atoms with van der Waals surface area (Å²) in [6, 6.07) is 26.8. The van der Waals surface area contributed by atoms with Crippen molar-refractivity contribution in [2.75, 3.05) is 0 Å². The van der Waals surface area contributed by atoms with E-state index in [-0.39, 0.29) is 0 Å². The Labute approximate surface area is 142 Å². The van der Waals surface area contributed by atoms with Crippen LogP contribution >= 0.6 is 15.9 Å². The molecule has 4 rings (SSSR count). The second-order valence-corrected chi connectivity index (χ2v) is 6.23. The van der Waals surface area contributed by atoms with Crippen LogP contribution in [-0.4, -0.2) is 0 Å². The van der Waals surface area contributed by atoms with Crippen LogP contribution in [0.5, 0.6) is 0 Å². The van der Waals surface area contributed by atoms with E-state index in [9.17, 15) is 5.26 Å². The molecule has 0 aliphatic carbocycles. The predicted molar refractivity (Wildman–Crippen MR) is 99.3 cm³/mol. The fourth-order valence-corrected chi connectivity index (χ4v) is 3.86. The van der Waals surface area contributed by atoms with E-state index < -0.39 is 0 Å². The smallest absolute Gasteiger partial charge is 0.0998 e. The van der Waals surface area contributed by atoms with Crippen LogP contribution in [0.3, 0.4) is 0 Å². The van der Waals surface area contributed by atoms with E-state index in [1.54, 1.807) is 0 Å². The molecule has 0 radical (unpaired) electrons. The lowest BCUT2D eigenvalue weighted by Crippen LogP contribution is -1.90. The third-order valence-electron chi connectivity index (χ3n) is 4.18. The highest BCUT2D eigenvalue weighted by molar-refractivity contribution is 9.10. The molecule has 2 heteroatoms. The number of benzene rings is 4. The molecule has 0 heterocycles. The molecule has 0 aromatic heterocycles. The van der Waals surface area contributed by atoms with Crippen molar-refractivity contribution in [1.82, 2.24) is 0 Å². The minimum Gasteiger partial charge on any atom is -0.192 e. The summed E-state index contributed by atoms with van der Waals surface area (Å²) in [7, 11) is 0. The largest absolute Gasteiger partial charge is 0.192 e. The Morgan fingerprint density at radius 3 is 1.70 bits per heavy atom. The number of nitrogens with zero attached hydrogens (tertiary/aromatic N) is 1. The van der Waals surface area contributed by atoms with Gasteiger partial charge in [-0.25, -0.2) is 0 Å². The summed E-state index contributed by atoms with van der Waals surface area (Å²) in [5, 5.41) is 14.1. The van der Waals surface area contributed by atoms with Gasteiger partial charge in [0.05, 0.1) is 11.6 Å². The molecule has 4 aromatic carbocycles. The van der Waals surface area contributed by atoms with Gasteiger partial charge < -0.3 is 0 Å². The molecule has 0 saturated heterocycles. The van der Waals surface area contributed by atoms with Gasteiger partial charge >= 0.3 is 0 Å². The summed E-state index contributed by atoms with van der Waals surface area (Å²) in [4.78, 5) is 0. The number of nitriles is 1. The molecule has 0 spiro atoms. The lowest BCUT2D eigenvalue weighted by atomic mass is 9.90. The highest BCUT2D eigenvalue weighted by atomic mass is 79.9. The first-order valence-corrected chi connectivity index (χ1v) is 8.19. The topological polar surface area (TPSA) is 23.8 Å². The van der Waals surface area contributed by atoms with Crippen LogP contribution in [0.25, 0.3) is 32.7 Å². The van der Waals surface area contributed by atoms with Crippen LogP contribution in [0.4, 0.5) is 0 Å². The molecule has 0 bridgehead atoms. The van der Waals surface area contributed by atoms with Crippen molar-refractivity contribution in [3.8, 4) is 17.2 Å². The summed E-state index contributed by atoms with van der Waals surface area (Å²) >= 11 is 3.76. The molecule has 0 unspecified atom stereocenters. The maximum Gasteiger partial charge on any atom is 0.0998 e. The molecule has 0 amide bonds. The fourth-order valence-electron chi connectivity index (χ4n) is 3.16. The van der Waals surface area contributed by atoms with Crippen LogP contribution in [0.15, 0.2) is 77.3 Å². The summed E-state index contributed by atoms with van der Waals surface area (Å²) in [6.07, 6.45) is 0. The van der Waals surface area contributed by atoms with E-state index in [2.05, 4.69) is 46.3 Å². The van der Waals surface area contributed by atoms with Crippen LogP contribution in [0.2, 0.25) is 0 Å². The van der Waals surface area contributed by atoms with Crippen molar-refractivity contribution >= 4 is 37.5 Å². The zero-order valence-electron chi connectivity index (χ0n) is 12.3. The Kier molecular flexibility index (Phi) is 3.37. The van der Waals surface area contributed by atoms with Crippen molar-refractivity contribution in [3.63, 3.8) is 0 Å². The first-order chi connectivity index (χ1) is 11.3. The maximum atomic E-state index is 9.52. The van der Waals surface area contributed by atoms with Crippen molar-refractivity contribution in [2.45, 2.75) is 0 Å². The highest BCUT2D eigenvalue weighted by Gasteiger charge is 2.15. The lowest BCUT2D eigenvalue weighted by molar-refractivity contribution is 1.48. The minimum absolute atomic E-state index is 0.699. The second-order valence-electron chi connectivity index (χ2n) is 5.44. The lowest BCUT2D eigenvalue weighted by Gasteiger charge is -2.15. The van der Waals surface area contributed by atoms with E-state index in [0.29, 0.717) is 5.56 Å². The van der Waals surface area contributed by atoms with Gasteiger partial charge in [-0.3, -0.25) is 0 Å². The van der Waals surface area contributed by atoms with Crippen LogP contribution in [-0.2, 0) is 0 Å². The first-order valence-electron chi connectivity index (χ1n) is 7.39. The molecule has 1 nitrogen and oxygen atoms in total. The summed E-state index contributed by atoms with van der Waals surface area (Å²) < 4.78 is 1.10. The van der Waals surface area contributed by atoms with Crippen molar-refractivity contribution < 1.29 is 0 Å². The molecule has 108 valence electrons. The van der Waals surface area contributed by atoms with E-state index in [1.807, 2.05) is 48.5 Å². The Morgan fingerprint density at radius 1 is 0.652 bits per heavy atom. The molecule has 0 aliphatic heterocycles. The quantitative estimate of drug-likeness (QED) is 0.367. The average Bonchev–Trinajstić information content (AvgIpc) is 2.62. The molecular weight excluding hydrogens is 346 g/mol. The number of hydrogen-bond acceptors (Lipinski definition) is 1. The number of fused-ring (bicyclic) bond motifs is 2. The Balaban J connectivity index is 2.29. The summed E-state index contributed by atoms with van der Waals surface area (Å²) in [5.74, 6) is 0. The van der Waals surface area contributed by atoms with Crippen molar-refractivity contribution in [3.05, 3.63) is 82.8 Å². The zero-order chi connectivity index (χ0) is 15.8. The number of rotatable bonds is 1. The molecule has 0 aliphatic rings. The van der Waals surface area contributed by atoms with Crippen molar-refractivity contribution in [1.29, 1.82) is 5.26 Å². The van der Waals surface area contributed by atoms with Gasteiger partial charge in [-0.15, -0.1) is 0 Å². The van der Waals surface area contributed by atoms with E-state index >= 15 is 0 Å². The Bertz CT molecular complexity index is 1030. The van der Waals surface area contributed by atoms with Gasteiger partial charge in [0.1, 0.15) is 0 Å². The molecule has 0 saturated carbocycles. The van der Waals surface area contributed by atoms with E-state index in [1.165, 1.54) is 0 Å². The van der Waals surface area contributed by atoms with Gasteiger partial charge in [-0.05, 0) is 49.1 Å². The number of halogens is 1. The predicted octanol–water partition coefficient (Wildman–Crippen LogP) is 6.29. The maximum absolute atomic E-state index is 9.52. The van der Waals surface area contributed by atoms with Gasteiger partial charge in [0.25, 0.3) is 0 Å². The second kappa shape index (κ2) is 5.53. The van der Waals surface area contributed by atoms with Crippen LogP contribution < -0.4 is 0 Å². The molecule has 0 fully saturated rings. The molecule has 4 aromatic rings. The van der Waals surface area contributed by atoms with Crippen molar-refractivity contribution in [2.24, 2.45) is 0 Å². The summed E-state index contributed by atoms with van der Waals surface area (Å²) in [5.41, 5.74) is 2.80. The molecule has 0 N–H and O–H groups in total. The molecule has 23 heavy (non-hydrogen) atoms. The third kappa shape index (κ3) is 2.13. The van der Waals surface area contributed by atoms with E-state index in [4.69, 9.17) is 0 Å². The molecular formula is C21H12BrN. The van der Waals surface area contributed by atoms with Gasteiger partial charge in [0.2, 0.25) is 0 Å². The third-order valence-corrected chi connectivity index (χ3v) is 5.04. The van der Waals surface area contributed by atoms with Crippen LogP contribution in [0.1, 0.15) is 5.56 Å². The fraction of sp³-hybridized carbons (Fsp3) is 0. The first kappa shape index (κ1) is 14.0. The highest BCUT2D eigenvalue weighted by Crippen LogP contribution is 2.42. The number of hydrogen-bond donors (Lipinski definition) is 0. The zero-order valence-corrected chi connectivity index (χ0v) is 13.8. The normalized spacial score (nSPS) is 10.8. The summed E-state index contributed by atoms with van der Waals surface area (Å²) in [6.45, 7) is 0. The van der Waals surface area contributed by atoms with Gasteiger partial charge in [-0.2, -0.15) is 5.26 Å². The molecule has 0 atom stereocenters.